The van der Waals surface area contributed by atoms with Gasteiger partial charge < -0.3 is 14.4 Å². The van der Waals surface area contributed by atoms with Crippen LogP contribution in [0.15, 0.2) is 53.7 Å². The molecule has 5 aromatic rings. The Bertz CT molecular complexity index is 1610. The zero-order valence-electron chi connectivity index (χ0n) is 19.9. The van der Waals surface area contributed by atoms with Crippen LogP contribution in [0.25, 0.3) is 22.6 Å². The van der Waals surface area contributed by atoms with Gasteiger partial charge in [0.05, 0.1) is 22.3 Å². The van der Waals surface area contributed by atoms with Gasteiger partial charge in [0, 0.05) is 38.4 Å². The van der Waals surface area contributed by atoms with Crippen LogP contribution in [-0.2, 0) is 17.5 Å². The average Bonchev–Trinajstić information content (AvgIpc) is 3.56. The van der Waals surface area contributed by atoms with Crippen LogP contribution in [0.4, 0.5) is 18.9 Å². The molecule has 0 radical (unpaired) electrons. The van der Waals surface area contributed by atoms with Gasteiger partial charge in [-0.2, -0.15) is 17.7 Å². The molecule has 0 aliphatic carbocycles. The summed E-state index contributed by atoms with van der Waals surface area (Å²) in [7, 11) is 0. The highest BCUT2D eigenvalue weighted by Crippen LogP contribution is 2.32. The molecule has 1 saturated heterocycles. The van der Waals surface area contributed by atoms with E-state index in [9.17, 15) is 18.0 Å². The highest BCUT2D eigenvalue weighted by Gasteiger charge is 2.31. The molecule has 13 heteroatoms. The summed E-state index contributed by atoms with van der Waals surface area (Å²) < 4.78 is 44.9. The molecule has 0 spiro atoms. The van der Waals surface area contributed by atoms with Crippen molar-refractivity contribution in [1.82, 2.24) is 33.7 Å². The number of amides is 1. The third-order valence-corrected chi connectivity index (χ3v) is 7.56. The summed E-state index contributed by atoms with van der Waals surface area (Å²) in [6, 6.07) is 13.3. The number of thioether (sulfide) groups is 1. The molecule has 0 atom stereocenters. The lowest BCUT2D eigenvalue weighted by molar-refractivity contribution is -0.137. The van der Waals surface area contributed by atoms with Crippen LogP contribution in [0, 0.1) is 0 Å². The van der Waals surface area contributed by atoms with Crippen molar-refractivity contribution in [2.45, 2.75) is 24.8 Å². The Morgan fingerprint density at radius 3 is 2.46 bits per heavy atom. The highest BCUT2D eigenvalue weighted by molar-refractivity contribution is 7.99. The molecule has 0 saturated carbocycles. The third-order valence-electron chi connectivity index (χ3n) is 6.65. The van der Waals surface area contributed by atoms with E-state index >= 15 is 0 Å². The van der Waals surface area contributed by atoms with Crippen molar-refractivity contribution in [3.63, 3.8) is 0 Å². The zero-order chi connectivity index (χ0) is 25.7. The molecule has 1 fully saturated rings. The van der Waals surface area contributed by atoms with E-state index in [-0.39, 0.29) is 11.7 Å². The number of imidazole rings is 1. The quantitative estimate of drug-likeness (QED) is 0.323. The van der Waals surface area contributed by atoms with Crippen molar-refractivity contribution in [2.24, 2.45) is 0 Å². The minimum atomic E-state index is -4.38. The second kappa shape index (κ2) is 8.98. The molecule has 9 nitrogen and oxygen atoms in total. The van der Waals surface area contributed by atoms with Crippen molar-refractivity contribution in [3.05, 3.63) is 54.1 Å². The van der Waals surface area contributed by atoms with Crippen molar-refractivity contribution < 1.29 is 18.0 Å². The van der Waals surface area contributed by atoms with Gasteiger partial charge >= 0.3 is 6.18 Å². The maximum absolute atomic E-state index is 13.1. The number of aromatic nitrogens is 6. The minimum Gasteiger partial charge on any atom is -0.368 e. The van der Waals surface area contributed by atoms with E-state index in [1.807, 2.05) is 33.6 Å². The minimum absolute atomic E-state index is 0.0577. The van der Waals surface area contributed by atoms with E-state index in [2.05, 4.69) is 21.7 Å². The standard InChI is InChI=1S/C24H23F3N8OS/c1-2-33-18-8-3-4-9-19(18)34-21-28-29-23(35(21)30-22(33)34)37-15-20(36)32-12-10-31(11-13-32)17-7-5-6-16(14-17)24(25,26)27/h3-9,14H,2,10-13,15H2,1H3. The number of halogens is 3. The lowest BCUT2D eigenvalue weighted by Crippen LogP contribution is -2.49. The molecular weight excluding hydrogens is 505 g/mol. The first-order valence-corrected chi connectivity index (χ1v) is 12.9. The fraction of sp³-hybridized carbons (Fsp3) is 0.333. The summed E-state index contributed by atoms with van der Waals surface area (Å²) in [5.41, 5.74) is 1.89. The predicted octanol–water partition coefficient (Wildman–Crippen LogP) is 3.81. The topological polar surface area (TPSA) is 76.0 Å². The number of para-hydroxylation sites is 2. The molecule has 6 rings (SSSR count). The van der Waals surface area contributed by atoms with Crippen LogP contribution < -0.4 is 4.90 Å². The molecule has 3 aromatic heterocycles. The maximum Gasteiger partial charge on any atom is 0.416 e. The number of benzene rings is 2. The second-order valence-corrected chi connectivity index (χ2v) is 9.71. The number of carbonyl (C=O) groups excluding carboxylic acids is 1. The van der Waals surface area contributed by atoms with Crippen molar-refractivity contribution in [3.8, 4) is 0 Å². The van der Waals surface area contributed by atoms with E-state index in [1.54, 1.807) is 15.5 Å². The Labute approximate surface area is 213 Å². The fourth-order valence-electron chi connectivity index (χ4n) is 4.80. The SMILES string of the molecule is CCn1c2ccccc2n2c1nn1c(SCC(=O)N3CCN(c4cccc(C(F)(F)F)c4)CC3)nnc12. The number of nitrogens with zero attached hydrogens (tertiary/aromatic N) is 8. The van der Waals surface area contributed by atoms with Gasteiger partial charge in [-0.25, -0.2) is 4.40 Å². The number of rotatable bonds is 5. The lowest BCUT2D eigenvalue weighted by Gasteiger charge is -2.36. The normalized spacial score (nSPS) is 14.9. The summed E-state index contributed by atoms with van der Waals surface area (Å²) in [4.78, 5) is 16.5. The van der Waals surface area contributed by atoms with Gasteiger partial charge in [0.25, 0.3) is 5.78 Å². The largest absolute Gasteiger partial charge is 0.416 e. The van der Waals surface area contributed by atoms with Gasteiger partial charge in [-0.3, -0.25) is 4.79 Å². The van der Waals surface area contributed by atoms with E-state index in [0.717, 1.165) is 35.5 Å². The number of alkyl halides is 3. The Morgan fingerprint density at radius 1 is 0.973 bits per heavy atom. The maximum atomic E-state index is 13.1. The molecule has 2 aromatic carbocycles. The van der Waals surface area contributed by atoms with Crippen LogP contribution in [0.5, 0.6) is 0 Å². The van der Waals surface area contributed by atoms with Crippen LogP contribution in [0.1, 0.15) is 12.5 Å². The number of aryl methyl sites for hydroxylation is 1. The first-order chi connectivity index (χ1) is 17.8. The van der Waals surface area contributed by atoms with E-state index in [4.69, 9.17) is 5.10 Å². The van der Waals surface area contributed by atoms with Crippen molar-refractivity contribution >= 4 is 45.9 Å². The number of anilines is 1. The Balaban J connectivity index is 1.13. The third kappa shape index (κ3) is 4.06. The lowest BCUT2D eigenvalue weighted by atomic mass is 10.1. The average molecular weight is 529 g/mol. The molecule has 192 valence electrons. The predicted molar refractivity (Wildman–Crippen MR) is 134 cm³/mol. The van der Waals surface area contributed by atoms with Gasteiger partial charge in [0.2, 0.25) is 16.8 Å². The van der Waals surface area contributed by atoms with Crippen LogP contribution >= 0.6 is 11.8 Å². The molecule has 0 unspecified atom stereocenters. The van der Waals surface area contributed by atoms with E-state index < -0.39 is 11.7 Å². The van der Waals surface area contributed by atoms with Crippen molar-refractivity contribution in [1.29, 1.82) is 0 Å². The summed E-state index contributed by atoms with van der Waals surface area (Å²) in [5.74, 6) is 1.45. The summed E-state index contributed by atoms with van der Waals surface area (Å²) in [5, 5.41) is 13.8. The number of fused-ring (bicyclic) bond motifs is 5. The van der Waals surface area contributed by atoms with Crippen molar-refractivity contribution in [2.75, 3.05) is 36.8 Å². The highest BCUT2D eigenvalue weighted by atomic mass is 32.2. The number of carbonyl (C=O) groups is 1. The molecule has 1 amide bonds. The Morgan fingerprint density at radius 2 is 1.73 bits per heavy atom. The van der Waals surface area contributed by atoms with Gasteiger partial charge in [-0.15, -0.1) is 15.3 Å². The summed E-state index contributed by atoms with van der Waals surface area (Å²) in [6.45, 7) is 4.61. The number of hydrogen-bond acceptors (Lipinski definition) is 6. The van der Waals surface area contributed by atoms with Crippen LogP contribution in [0.2, 0.25) is 0 Å². The Hall–Kier alpha value is -3.74. The summed E-state index contributed by atoms with van der Waals surface area (Å²) in [6.07, 6.45) is -4.38. The first kappa shape index (κ1) is 23.6. The smallest absolute Gasteiger partial charge is 0.368 e. The van der Waals surface area contributed by atoms with E-state index in [0.29, 0.717) is 42.8 Å². The monoisotopic (exact) mass is 528 g/mol. The van der Waals surface area contributed by atoms with Gasteiger partial charge in [-0.1, -0.05) is 30.0 Å². The fourth-order valence-corrected chi connectivity index (χ4v) is 5.58. The second-order valence-electron chi connectivity index (χ2n) is 8.77. The molecule has 0 bridgehead atoms. The molecule has 37 heavy (non-hydrogen) atoms. The number of piperazine rings is 1. The molecule has 1 aliphatic heterocycles. The van der Waals surface area contributed by atoms with Gasteiger partial charge in [0.15, 0.2) is 0 Å². The van der Waals surface area contributed by atoms with Crippen LogP contribution in [0.3, 0.4) is 0 Å². The molecule has 1 aliphatic rings. The van der Waals surface area contributed by atoms with Gasteiger partial charge in [-0.05, 0) is 37.3 Å². The molecule has 0 N–H and O–H groups in total. The molecule has 4 heterocycles. The molecular formula is C24H23F3N8OS. The number of hydrogen-bond donors (Lipinski definition) is 0. The Kier molecular flexibility index (Phi) is 5.74. The zero-order valence-corrected chi connectivity index (χ0v) is 20.7. The summed E-state index contributed by atoms with van der Waals surface area (Å²) >= 11 is 1.27. The van der Waals surface area contributed by atoms with E-state index in [1.165, 1.54) is 17.8 Å². The van der Waals surface area contributed by atoms with Crippen LogP contribution in [-0.4, -0.2) is 71.5 Å². The first-order valence-electron chi connectivity index (χ1n) is 11.9. The van der Waals surface area contributed by atoms with Gasteiger partial charge in [0.1, 0.15) is 0 Å².